The van der Waals surface area contributed by atoms with Crippen molar-refractivity contribution in [2.75, 3.05) is 13.9 Å². The van der Waals surface area contributed by atoms with Gasteiger partial charge in [0.05, 0.1) is 18.1 Å². The number of nitrogens with zero attached hydrogens (tertiary/aromatic N) is 2. The van der Waals surface area contributed by atoms with Crippen LogP contribution in [-0.4, -0.2) is 29.8 Å². The molecule has 0 unspecified atom stereocenters. The van der Waals surface area contributed by atoms with Gasteiger partial charge in [0, 0.05) is 12.7 Å². The number of aromatic nitrogens is 2. The lowest BCUT2D eigenvalue weighted by Gasteiger charge is -2.03. The Morgan fingerprint density at radius 1 is 1.17 bits per heavy atom. The smallest absolute Gasteiger partial charge is 0.360 e. The summed E-state index contributed by atoms with van der Waals surface area (Å²) in [6.45, 7) is -0.0963. The molecule has 2 aromatic rings. The summed E-state index contributed by atoms with van der Waals surface area (Å²) in [4.78, 5) is 19.6. The van der Waals surface area contributed by atoms with Gasteiger partial charge in [-0.1, -0.05) is 30.3 Å². The lowest BCUT2D eigenvalue weighted by Crippen LogP contribution is -2.09. The monoisotopic (exact) mass is 244 g/mol. The van der Waals surface area contributed by atoms with Crippen LogP contribution in [0.4, 0.5) is 0 Å². The molecule has 0 aliphatic carbocycles. The van der Waals surface area contributed by atoms with E-state index >= 15 is 0 Å². The molecule has 18 heavy (non-hydrogen) atoms. The number of esters is 1. The highest BCUT2D eigenvalue weighted by Gasteiger charge is 2.09. The maximum Gasteiger partial charge on any atom is 0.360 e. The van der Waals surface area contributed by atoms with E-state index in [0.717, 1.165) is 5.56 Å². The van der Waals surface area contributed by atoms with Gasteiger partial charge in [-0.3, -0.25) is 4.98 Å². The average molecular weight is 244 g/mol. The van der Waals surface area contributed by atoms with Gasteiger partial charge in [0.2, 0.25) is 0 Å². The molecule has 0 N–H and O–H groups in total. The summed E-state index contributed by atoms with van der Waals surface area (Å²) in [6.07, 6.45) is 2.93. The van der Waals surface area contributed by atoms with Crippen LogP contribution in [0.25, 0.3) is 11.3 Å². The number of carbonyl (C=O) groups excluding carboxylic acids is 1. The van der Waals surface area contributed by atoms with E-state index in [1.165, 1.54) is 13.3 Å². The van der Waals surface area contributed by atoms with E-state index in [2.05, 4.69) is 14.7 Å². The van der Waals surface area contributed by atoms with E-state index < -0.39 is 5.97 Å². The summed E-state index contributed by atoms with van der Waals surface area (Å²) < 4.78 is 9.39. The number of ether oxygens (including phenoxy) is 2. The predicted molar refractivity (Wildman–Crippen MR) is 64.8 cm³/mol. The lowest BCUT2D eigenvalue weighted by atomic mass is 10.2. The summed E-state index contributed by atoms with van der Waals surface area (Å²) in [5, 5.41) is 0. The fourth-order valence-corrected chi connectivity index (χ4v) is 1.38. The molecule has 0 saturated carbocycles. The van der Waals surface area contributed by atoms with Gasteiger partial charge in [0.1, 0.15) is 0 Å². The highest BCUT2D eigenvalue weighted by atomic mass is 16.7. The molecule has 0 atom stereocenters. The summed E-state index contributed by atoms with van der Waals surface area (Å²) in [7, 11) is 1.44. The molecule has 2 rings (SSSR count). The molecule has 1 aromatic heterocycles. The molecule has 0 saturated heterocycles. The molecule has 5 nitrogen and oxygen atoms in total. The Balaban J connectivity index is 2.13. The van der Waals surface area contributed by atoms with E-state index in [9.17, 15) is 4.79 Å². The van der Waals surface area contributed by atoms with Gasteiger partial charge >= 0.3 is 5.97 Å². The van der Waals surface area contributed by atoms with Crippen LogP contribution in [-0.2, 0) is 9.47 Å². The lowest BCUT2D eigenvalue weighted by molar-refractivity contribution is -0.0130. The molecule has 1 heterocycles. The van der Waals surface area contributed by atoms with Gasteiger partial charge < -0.3 is 9.47 Å². The van der Waals surface area contributed by atoms with Crippen LogP contribution in [0.2, 0.25) is 0 Å². The zero-order valence-electron chi connectivity index (χ0n) is 9.87. The highest BCUT2D eigenvalue weighted by Crippen LogP contribution is 2.14. The van der Waals surface area contributed by atoms with E-state index in [1.807, 2.05) is 30.3 Å². The van der Waals surface area contributed by atoms with E-state index in [4.69, 9.17) is 4.74 Å². The first kappa shape index (κ1) is 12.2. The number of carbonyl (C=O) groups is 1. The van der Waals surface area contributed by atoms with Crippen molar-refractivity contribution < 1.29 is 14.3 Å². The van der Waals surface area contributed by atoms with Gasteiger partial charge in [0.25, 0.3) is 0 Å². The molecule has 0 spiro atoms. The molecule has 0 bridgehead atoms. The van der Waals surface area contributed by atoms with Crippen LogP contribution in [0, 0.1) is 0 Å². The summed E-state index contributed by atoms with van der Waals surface area (Å²) >= 11 is 0. The van der Waals surface area contributed by atoms with Crippen molar-refractivity contribution in [3.63, 3.8) is 0 Å². The third-order valence-electron chi connectivity index (χ3n) is 2.24. The molecule has 5 heteroatoms. The standard InChI is InChI=1S/C13H12N2O3/c1-17-9-18-13(16)12-8-14-11(7-15-12)10-5-3-2-4-6-10/h2-8H,9H2,1H3. The number of hydrogen-bond donors (Lipinski definition) is 0. The van der Waals surface area contributed by atoms with Gasteiger partial charge in [-0.2, -0.15) is 0 Å². The Hall–Kier alpha value is -2.27. The first-order valence-electron chi connectivity index (χ1n) is 5.35. The molecule has 0 fully saturated rings. The van der Waals surface area contributed by atoms with Crippen molar-refractivity contribution in [3.8, 4) is 11.3 Å². The number of benzene rings is 1. The molecule has 1 aromatic carbocycles. The topological polar surface area (TPSA) is 61.3 Å². The number of hydrogen-bond acceptors (Lipinski definition) is 5. The Bertz CT molecular complexity index is 512. The second-order valence-corrected chi connectivity index (χ2v) is 3.49. The van der Waals surface area contributed by atoms with E-state index in [-0.39, 0.29) is 12.5 Å². The Morgan fingerprint density at radius 3 is 2.56 bits per heavy atom. The van der Waals surface area contributed by atoms with Gasteiger partial charge in [-0.15, -0.1) is 0 Å². The van der Waals surface area contributed by atoms with Crippen LogP contribution < -0.4 is 0 Å². The minimum absolute atomic E-state index is 0.0963. The van der Waals surface area contributed by atoms with Gasteiger partial charge in [-0.05, 0) is 0 Å². The van der Waals surface area contributed by atoms with E-state index in [0.29, 0.717) is 5.69 Å². The van der Waals surface area contributed by atoms with Crippen molar-refractivity contribution in [2.24, 2.45) is 0 Å². The minimum atomic E-state index is -0.552. The second kappa shape index (κ2) is 5.88. The van der Waals surface area contributed by atoms with Crippen molar-refractivity contribution in [2.45, 2.75) is 0 Å². The highest BCUT2D eigenvalue weighted by molar-refractivity contribution is 5.86. The molecular weight excluding hydrogens is 232 g/mol. The first-order chi connectivity index (χ1) is 8.81. The SMILES string of the molecule is COCOC(=O)c1cnc(-c2ccccc2)cn1. The van der Waals surface area contributed by atoms with Crippen LogP contribution in [0.1, 0.15) is 10.5 Å². The molecule has 0 aliphatic heterocycles. The van der Waals surface area contributed by atoms with Gasteiger partial charge in [0.15, 0.2) is 12.5 Å². The van der Waals surface area contributed by atoms with Crippen LogP contribution in [0.5, 0.6) is 0 Å². The van der Waals surface area contributed by atoms with Crippen LogP contribution >= 0.6 is 0 Å². The van der Waals surface area contributed by atoms with Crippen LogP contribution in [0.3, 0.4) is 0 Å². The van der Waals surface area contributed by atoms with Gasteiger partial charge in [-0.25, -0.2) is 9.78 Å². The zero-order chi connectivity index (χ0) is 12.8. The quantitative estimate of drug-likeness (QED) is 0.607. The molecular formula is C13H12N2O3. The zero-order valence-corrected chi connectivity index (χ0v) is 9.87. The fraction of sp³-hybridized carbons (Fsp3) is 0.154. The third kappa shape index (κ3) is 2.89. The number of methoxy groups -OCH3 is 1. The summed E-state index contributed by atoms with van der Waals surface area (Å²) in [5.74, 6) is -0.552. The maximum atomic E-state index is 11.4. The molecule has 92 valence electrons. The van der Waals surface area contributed by atoms with Crippen LogP contribution in [0.15, 0.2) is 42.7 Å². The maximum absolute atomic E-state index is 11.4. The normalized spacial score (nSPS) is 10.1. The molecule has 0 amide bonds. The Labute approximate surface area is 104 Å². The summed E-state index contributed by atoms with van der Waals surface area (Å²) in [6, 6.07) is 9.60. The first-order valence-corrected chi connectivity index (χ1v) is 5.35. The molecule has 0 radical (unpaired) electrons. The fourth-order valence-electron chi connectivity index (χ4n) is 1.38. The van der Waals surface area contributed by atoms with Crippen molar-refractivity contribution in [3.05, 3.63) is 48.4 Å². The third-order valence-corrected chi connectivity index (χ3v) is 2.24. The predicted octanol–water partition coefficient (Wildman–Crippen LogP) is 1.90. The van der Waals surface area contributed by atoms with Crippen molar-refractivity contribution >= 4 is 5.97 Å². The minimum Gasteiger partial charge on any atom is -0.434 e. The number of rotatable bonds is 4. The Kier molecular flexibility index (Phi) is 3.98. The molecule has 0 aliphatic rings. The van der Waals surface area contributed by atoms with Crippen molar-refractivity contribution in [1.29, 1.82) is 0 Å². The summed E-state index contributed by atoms with van der Waals surface area (Å²) in [5.41, 5.74) is 1.81. The second-order valence-electron chi connectivity index (χ2n) is 3.49. The van der Waals surface area contributed by atoms with Crippen molar-refractivity contribution in [1.82, 2.24) is 9.97 Å². The Morgan fingerprint density at radius 2 is 1.94 bits per heavy atom. The van der Waals surface area contributed by atoms with E-state index in [1.54, 1.807) is 6.20 Å². The average Bonchev–Trinajstić information content (AvgIpc) is 2.46. The largest absolute Gasteiger partial charge is 0.434 e.